The maximum absolute atomic E-state index is 12.9. The van der Waals surface area contributed by atoms with Crippen LogP contribution in [0.3, 0.4) is 0 Å². The van der Waals surface area contributed by atoms with Gasteiger partial charge in [-0.1, -0.05) is 0 Å². The third-order valence-corrected chi connectivity index (χ3v) is 4.23. The van der Waals surface area contributed by atoms with Crippen LogP contribution in [0.1, 0.15) is 29.7 Å². The van der Waals surface area contributed by atoms with E-state index in [1.807, 2.05) is 0 Å². The van der Waals surface area contributed by atoms with Gasteiger partial charge in [0.25, 0.3) is 0 Å². The van der Waals surface area contributed by atoms with Gasteiger partial charge in [-0.05, 0) is 37.6 Å². The molecule has 2 heterocycles. The highest BCUT2D eigenvalue weighted by Gasteiger charge is 2.37. The molecule has 148 valence electrons. The van der Waals surface area contributed by atoms with Gasteiger partial charge in [0.2, 0.25) is 5.91 Å². The summed E-state index contributed by atoms with van der Waals surface area (Å²) in [6.45, 7) is 0.850. The van der Waals surface area contributed by atoms with Gasteiger partial charge in [0.1, 0.15) is 0 Å². The van der Waals surface area contributed by atoms with E-state index in [2.05, 4.69) is 15.7 Å². The molecule has 3 N–H and O–H groups in total. The summed E-state index contributed by atoms with van der Waals surface area (Å²) in [5.41, 5.74) is -2.62. The van der Waals surface area contributed by atoms with Crippen LogP contribution in [0.15, 0.2) is 24.4 Å². The fraction of sp³-hybridized carbons (Fsp3) is 0.438. The van der Waals surface area contributed by atoms with E-state index in [1.165, 1.54) is 6.20 Å². The number of carbonyl (C=O) groups is 1. The average molecular weight is 394 g/mol. The van der Waals surface area contributed by atoms with Crippen molar-refractivity contribution in [3.8, 4) is 5.69 Å². The average Bonchev–Trinajstić information content (AvgIpc) is 3.05. The fourth-order valence-corrected chi connectivity index (χ4v) is 2.82. The first-order chi connectivity index (χ1) is 12.5. The van der Waals surface area contributed by atoms with Gasteiger partial charge >= 0.3 is 12.4 Å². The van der Waals surface area contributed by atoms with Gasteiger partial charge in [0, 0.05) is 6.20 Å². The predicted molar refractivity (Wildman–Crippen MR) is 83.0 cm³/mol. The van der Waals surface area contributed by atoms with Crippen molar-refractivity contribution >= 4 is 5.91 Å². The zero-order valence-corrected chi connectivity index (χ0v) is 13.8. The molecule has 5 nitrogen and oxygen atoms in total. The predicted octanol–water partition coefficient (Wildman–Crippen LogP) is 3.21. The van der Waals surface area contributed by atoms with Crippen LogP contribution in [0.2, 0.25) is 0 Å². The summed E-state index contributed by atoms with van der Waals surface area (Å²) < 4.78 is 78.3. The first-order valence-corrected chi connectivity index (χ1v) is 8.11. The molecule has 1 saturated heterocycles. The van der Waals surface area contributed by atoms with E-state index in [4.69, 9.17) is 0 Å². The maximum atomic E-state index is 12.9. The Morgan fingerprint density at radius 3 is 2.19 bits per heavy atom. The zero-order valence-electron chi connectivity index (χ0n) is 13.8. The van der Waals surface area contributed by atoms with Crippen molar-refractivity contribution in [1.82, 2.24) is 20.4 Å². The molecule has 0 unspecified atom stereocenters. The van der Waals surface area contributed by atoms with Crippen LogP contribution >= 0.6 is 0 Å². The highest BCUT2D eigenvalue weighted by atomic mass is 19.4. The van der Waals surface area contributed by atoms with Crippen LogP contribution < -0.4 is 10.6 Å². The first-order valence-electron chi connectivity index (χ1n) is 8.11. The lowest BCUT2D eigenvalue weighted by Gasteiger charge is -2.20. The summed E-state index contributed by atoms with van der Waals surface area (Å²) >= 11 is 0. The molecular formula is C16H16F6N4O. The van der Waals surface area contributed by atoms with Crippen molar-refractivity contribution in [3.63, 3.8) is 0 Å². The third-order valence-electron chi connectivity index (χ3n) is 4.23. The topological polar surface area (TPSA) is 61.9 Å². The highest BCUT2D eigenvalue weighted by molar-refractivity contribution is 5.81. The molecule has 1 atom stereocenters. The number of amides is 1. The minimum absolute atomic E-state index is 0.0722. The Morgan fingerprint density at radius 2 is 1.70 bits per heavy atom. The molecular weight excluding hydrogens is 378 g/mol. The number of hydrogen-bond donors (Lipinski definition) is 3. The van der Waals surface area contributed by atoms with Crippen LogP contribution in [-0.4, -0.2) is 28.3 Å². The van der Waals surface area contributed by atoms with E-state index in [0.29, 0.717) is 17.8 Å². The molecule has 0 spiro atoms. The van der Waals surface area contributed by atoms with E-state index in [9.17, 15) is 31.1 Å². The van der Waals surface area contributed by atoms with Crippen LogP contribution in [0.4, 0.5) is 26.3 Å². The van der Waals surface area contributed by atoms with Crippen molar-refractivity contribution in [2.75, 3.05) is 6.54 Å². The number of nitrogens with zero attached hydrogens (tertiary/aromatic N) is 1. The highest BCUT2D eigenvalue weighted by Crippen LogP contribution is 2.37. The zero-order chi connectivity index (χ0) is 19.8. The number of rotatable bonds is 4. The summed E-state index contributed by atoms with van der Waals surface area (Å²) in [6.07, 6.45) is -6.87. The lowest BCUT2D eigenvalue weighted by atomic mass is 10.1. The molecule has 0 bridgehead atoms. The van der Waals surface area contributed by atoms with Crippen molar-refractivity contribution in [3.05, 3.63) is 41.2 Å². The van der Waals surface area contributed by atoms with E-state index < -0.39 is 23.5 Å². The van der Waals surface area contributed by atoms with Gasteiger partial charge in [-0.2, -0.15) is 26.3 Å². The first kappa shape index (κ1) is 19.3. The molecule has 0 aliphatic carbocycles. The van der Waals surface area contributed by atoms with E-state index in [1.54, 1.807) is 0 Å². The second-order valence-electron chi connectivity index (χ2n) is 6.27. The molecule has 11 heteroatoms. The number of hydrogen-bond acceptors (Lipinski definition) is 2. The minimum atomic E-state index is -4.91. The van der Waals surface area contributed by atoms with Gasteiger partial charge < -0.3 is 10.6 Å². The smallest absolute Gasteiger partial charge is 0.349 e. The van der Waals surface area contributed by atoms with Crippen molar-refractivity contribution < 1.29 is 31.1 Å². The lowest BCUT2D eigenvalue weighted by Crippen LogP contribution is -2.40. The quantitative estimate of drug-likeness (QED) is 0.698. The molecule has 2 aromatic rings. The molecule has 3 rings (SSSR count). The molecule has 1 fully saturated rings. The Balaban J connectivity index is 1.73. The molecule has 0 saturated carbocycles. The van der Waals surface area contributed by atoms with Crippen LogP contribution in [-0.2, 0) is 23.7 Å². The number of aromatic amines is 1. The monoisotopic (exact) mass is 394 g/mol. The molecule has 1 aromatic carbocycles. The van der Waals surface area contributed by atoms with Gasteiger partial charge in [0.05, 0.1) is 35.1 Å². The number of nitrogens with one attached hydrogen (secondary N) is 3. The lowest BCUT2D eigenvalue weighted by molar-refractivity contribution is -0.143. The minimum Gasteiger partial charge on any atom is -0.349 e. The number of carbonyl (C=O) groups excluding carboxylic acids is 1. The Morgan fingerprint density at radius 1 is 1.11 bits per heavy atom. The van der Waals surface area contributed by atoms with Crippen molar-refractivity contribution in [2.24, 2.45) is 0 Å². The standard InChI is InChI=1S/C16H16F6N4O/c17-15(18,19)9-4-10(16(20,21)22)6-12(5-9)26-8-11(25-26)7-24-14(27)13-2-1-3-23-13/h4-6,8,13,23,25H,1-3,7H2,(H,24,27)/t13-/m1/s1. The van der Waals surface area contributed by atoms with Crippen LogP contribution in [0.5, 0.6) is 0 Å². The van der Waals surface area contributed by atoms with Crippen LogP contribution in [0.25, 0.3) is 5.69 Å². The summed E-state index contributed by atoms with van der Waals surface area (Å²) in [6, 6.07) is 1.04. The Bertz CT molecular complexity index is 769. The summed E-state index contributed by atoms with van der Waals surface area (Å²) in [5, 5.41) is 8.29. The molecule has 1 aliphatic heterocycles. The number of halogens is 6. The summed E-state index contributed by atoms with van der Waals surface area (Å²) in [7, 11) is 0. The van der Waals surface area contributed by atoms with E-state index >= 15 is 0 Å². The van der Waals surface area contributed by atoms with E-state index in [0.717, 1.165) is 24.1 Å². The summed E-state index contributed by atoms with van der Waals surface area (Å²) in [4.78, 5) is 11.9. The molecule has 1 aromatic heterocycles. The normalized spacial score (nSPS) is 18.1. The number of benzene rings is 1. The SMILES string of the molecule is O=C(NCc1cn(-c2cc(C(F)(F)F)cc(C(F)(F)F)c2)[nH]1)[C@H]1CCCN1. The van der Waals surface area contributed by atoms with Gasteiger partial charge in [-0.3, -0.25) is 14.6 Å². The van der Waals surface area contributed by atoms with E-state index in [-0.39, 0.29) is 30.2 Å². The van der Waals surface area contributed by atoms with Crippen molar-refractivity contribution in [2.45, 2.75) is 37.8 Å². The van der Waals surface area contributed by atoms with Gasteiger partial charge in [0.15, 0.2) is 0 Å². The molecule has 0 radical (unpaired) electrons. The van der Waals surface area contributed by atoms with Crippen LogP contribution in [0, 0.1) is 0 Å². The van der Waals surface area contributed by atoms with Gasteiger partial charge in [-0.25, -0.2) is 0 Å². The second kappa shape index (κ2) is 6.95. The third kappa shape index (κ3) is 4.46. The molecule has 1 amide bonds. The van der Waals surface area contributed by atoms with Gasteiger partial charge in [-0.15, -0.1) is 0 Å². The Labute approximate surface area is 149 Å². The number of H-pyrrole nitrogens is 1. The van der Waals surface area contributed by atoms with Crippen molar-refractivity contribution in [1.29, 1.82) is 0 Å². The largest absolute Gasteiger partial charge is 0.416 e. The Kier molecular flexibility index (Phi) is 4.98. The number of alkyl halides is 6. The molecule has 1 aliphatic rings. The second-order valence-corrected chi connectivity index (χ2v) is 6.27. The maximum Gasteiger partial charge on any atom is 0.416 e. The number of aromatic nitrogens is 2. The fourth-order valence-electron chi connectivity index (χ4n) is 2.82. The Hall–Kier alpha value is -2.43. The molecule has 27 heavy (non-hydrogen) atoms. The summed E-state index contributed by atoms with van der Waals surface area (Å²) in [5.74, 6) is -0.202.